The molecule has 3 N–H and O–H groups in total. The van der Waals surface area contributed by atoms with Crippen molar-refractivity contribution in [3.05, 3.63) is 62.0 Å². The van der Waals surface area contributed by atoms with Crippen LogP contribution in [0.3, 0.4) is 0 Å². The fourth-order valence-corrected chi connectivity index (χ4v) is 4.99. The largest absolute Gasteiger partial charge is 0.490 e. The van der Waals surface area contributed by atoms with Crippen molar-refractivity contribution in [2.45, 2.75) is 20.4 Å². The van der Waals surface area contributed by atoms with E-state index in [-0.39, 0.29) is 28.2 Å². The van der Waals surface area contributed by atoms with Crippen LogP contribution in [-0.4, -0.2) is 47.6 Å². The van der Waals surface area contributed by atoms with Gasteiger partial charge >= 0.3 is 0 Å². The van der Waals surface area contributed by atoms with Crippen LogP contribution in [0.15, 0.2) is 47.3 Å². The number of carbonyl (C=O) groups excluding carboxylic acids is 2. The number of pyridine rings is 1. The molecule has 0 bridgehead atoms. The molecule has 0 spiro atoms. The lowest BCUT2D eigenvalue weighted by molar-refractivity contribution is -0.116. The van der Waals surface area contributed by atoms with Crippen LogP contribution in [0.2, 0.25) is 0 Å². The number of hydrogen-bond donors (Lipinski definition) is 3. The molecule has 0 radical (unpaired) electrons. The van der Waals surface area contributed by atoms with Gasteiger partial charge in [0.15, 0.2) is 5.57 Å². The minimum absolute atomic E-state index is 0.110. The third kappa shape index (κ3) is 5.84. The average Bonchev–Trinajstić information content (AvgIpc) is 3.23. The zero-order valence-corrected chi connectivity index (χ0v) is 21.8. The first kappa shape index (κ1) is 26.4. The van der Waals surface area contributed by atoms with E-state index in [4.69, 9.17) is 4.74 Å². The van der Waals surface area contributed by atoms with Crippen molar-refractivity contribution in [3.8, 4) is 11.8 Å². The molecule has 0 aliphatic carbocycles. The molecule has 38 heavy (non-hydrogen) atoms. The number of amides is 2. The van der Waals surface area contributed by atoms with E-state index < -0.39 is 5.91 Å². The van der Waals surface area contributed by atoms with Crippen LogP contribution in [0.4, 0.5) is 17.3 Å². The van der Waals surface area contributed by atoms with Gasteiger partial charge in [0.1, 0.15) is 39.3 Å². The molecular formula is C26H27N7O4S. The van der Waals surface area contributed by atoms with Gasteiger partial charge in [-0.2, -0.15) is 5.26 Å². The molecule has 0 fully saturated rings. The Hall–Kier alpha value is -4.63. The molecule has 1 aliphatic rings. The minimum atomic E-state index is -0.524. The summed E-state index contributed by atoms with van der Waals surface area (Å²) in [6.45, 7) is 5.43. The smallest absolute Gasteiger partial charge is 0.270 e. The Bertz CT molecular complexity index is 1570. The summed E-state index contributed by atoms with van der Waals surface area (Å²) in [4.78, 5) is 44.3. The van der Waals surface area contributed by atoms with Gasteiger partial charge in [-0.15, -0.1) is 11.3 Å². The highest BCUT2D eigenvalue weighted by atomic mass is 32.1. The standard InChI is InChI=1S/C26H27N7O4S/c1-3-28-24(35)17(14-27)26-33(4-2)25(36)20(38-26)15-29-21-10-7-11-22(30-21)31-23(34)16-32-12-13-37-19-9-6-5-8-18(19)32/h5-11,15H,3-4,12-13,16H2,1-2H3,(H,28,35)(H2,29,30,31,34)/b20-15+,26-17-. The highest BCUT2D eigenvalue weighted by Gasteiger charge is 2.20. The van der Waals surface area contributed by atoms with Crippen LogP contribution < -0.4 is 40.3 Å². The first-order valence-electron chi connectivity index (χ1n) is 12.1. The molecule has 0 saturated heterocycles. The normalized spacial score (nSPS) is 13.6. The first-order valence-corrected chi connectivity index (χ1v) is 12.9. The van der Waals surface area contributed by atoms with E-state index in [1.54, 1.807) is 32.0 Å². The number of anilines is 3. The van der Waals surface area contributed by atoms with Crippen LogP contribution in [0.25, 0.3) is 11.8 Å². The molecule has 2 aromatic heterocycles. The summed E-state index contributed by atoms with van der Waals surface area (Å²) in [6.07, 6.45) is 1.48. The number of nitriles is 1. The second kappa shape index (κ2) is 12.1. The number of fused-ring (bicyclic) bond motifs is 1. The van der Waals surface area contributed by atoms with Crippen molar-refractivity contribution < 1.29 is 14.3 Å². The van der Waals surface area contributed by atoms with E-state index in [1.807, 2.05) is 35.2 Å². The van der Waals surface area contributed by atoms with Gasteiger partial charge in [-0.25, -0.2) is 4.98 Å². The number of thiazole rings is 1. The molecular weight excluding hydrogens is 506 g/mol. The van der Waals surface area contributed by atoms with E-state index in [0.29, 0.717) is 42.4 Å². The predicted octanol–water partition coefficient (Wildman–Crippen LogP) is 0.823. The molecule has 2 amide bonds. The van der Waals surface area contributed by atoms with Gasteiger partial charge < -0.3 is 25.6 Å². The highest BCUT2D eigenvalue weighted by molar-refractivity contribution is 7.07. The van der Waals surface area contributed by atoms with Crippen LogP contribution in [0.5, 0.6) is 5.75 Å². The number of nitrogens with zero attached hydrogens (tertiary/aromatic N) is 4. The molecule has 3 aromatic rings. The Labute approximate surface area is 222 Å². The monoisotopic (exact) mass is 533 g/mol. The van der Waals surface area contributed by atoms with Crippen LogP contribution in [0, 0.1) is 11.3 Å². The molecule has 196 valence electrons. The number of ether oxygens (including phenoxy) is 1. The maximum Gasteiger partial charge on any atom is 0.270 e. The molecule has 3 heterocycles. The summed E-state index contributed by atoms with van der Waals surface area (Å²) >= 11 is 1.04. The molecule has 0 atom stereocenters. The number of aromatic nitrogens is 2. The molecule has 12 heteroatoms. The lowest BCUT2D eigenvalue weighted by Gasteiger charge is -2.30. The third-order valence-corrected chi connectivity index (χ3v) is 6.77. The van der Waals surface area contributed by atoms with Gasteiger partial charge in [-0.3, -0.25) is 19.0 Å². The summed E-state index contributed by atoms with van der Waals surface area (Å²) in [6, 6.07) is 14.6. The summed E-state index contributed by atoms with van der Waals surface area (Å²) in [5.74, 6) is 0.752. The van der Waals surface area contributed by atoms with E-state index >= 15 is 0 Å². The van der Waals surface area contributed by atoms with Crippen LogP contribution >= 0.6 is 11.3 Å². The second-order valence-corrected chi connectivity index (χ2v) is 9.18. The number of para-hydroxylation sites is 2. The Morgan fingerprint density at radius 3 is 2.74 bits per heavy atom. The second-order valence-electron chi connectivity index (χ2n) is 8.15. The van der Waals surface area contributed by atoms with E-state index in [1.165, 1.54) is 10.8 Å². The molecule has 1 aromatic carbocycles. The SMILES string of the molecule is CCNC(=O)/C(C#N)=c1\s/c(=C/Nc2cccc(NC(=O)CN3CCOc4ccccc43)n2)c(=O)n1CC. The Morgan fingerprint density at radius 1 is 1.18 bits per heavy atom. The zero-order chi connectivity index (χ0) is 27.1. The average molecular weight is 534 g/mol. The Balaban J connectivity index is 1.51. The molecule has 11 nitrogen and oxygen atoms in total. The summed E-state index contributed by atoms with van der Waals surface area (Å²) in [5, 5.41) is 17.9. The summed E-state index contributed by atoms with van der Waals surface area (Å²) in [7, 11) is 0. The Kier molecular flexibility index (Phi) is 8.40. The number of nitrogens with one attached hydrogen (secondary N) is 3. The van der Waals surface area contributed by atoms with E-state index in [9.17, 15) is 19.6 Å². The number of benzene rings is 1. The van der Waals surface area contributed by atoms with Gasteiger partial charge in [-0.05, 0) is 38.1 Å². The van der Waals surface area contributed by atoms with Gasteiger partial charge in [0.2, 0.25) is 5.91 Å². The van der Waals surface area contributed by atoms with Crippen molar-refractivity contribution in [1.82, 2.24) is 14.9 Å². The number of carbonyl (C=O) groups is 2. The van der Waals surface area contributed by atoms with Crippen molar-refractivity contribution in [3.63, 3.8) is 0 Å². The fraction of sp³-hybridized carbons (Fsp3) is 0.269. The first-order chi connectivity index (χ1) is 18.4. The fourth-order valence-electron chi connectivity index (χ4n) is 3.91. The quantitative estimate of drug-likeness (QED) is 0.387. The van der Waals surface area contributed by atoms with Crippen molar-refractivity contribution in [1.29, 1.82) is 5.26 Å². The highest BCUT2D eigenvalue weighted by Crippen LogP contribution is 2.30. The van der Waals surface area contributed by atoms with Crippen molar-refractivity contribution in [2.75, 3.05) is 41.8 Å². The van der Waals surface area contributed by atoms with E-state index in [2.05, 4.69) is 20.9 Å². The maximum atomic E-state index is 12.9. The third-order valence-electron chi connectivity index (χ3n) is 5.64. The topological polar surface area (TPSA) is 141 Å². The Morgan fingerprint density at radius 2 is 1.97 bits per heavy atom. The van der Waals surface area contributed by atoms with E-state index in [0.717, 1.165) is 22.8 Å². The maximum absolute atomic E-state index is 12.9. The molecule has 1 aliphatic heterocycles. The molecule has 0 unspecified atom stereocenters. The van der Waals surface area contributed by atoms with Crippen molar-refractivity contribution in [2.24, 2.45) is 0 Å². The lowest BCUT2D eigenvalue weighted by Crippen LogP contribution is -2.38. The van der Waals surface area contributed by atoms with Crippen LogP contribution in [-0.2, 0) is 16.1 Å². The lowest BCUT2D eigenvalue weighted by atomic mass is 10.2. The predicted molar refractivity (Wildman–Crippen MR) is 146 cm³/mol. The number of hydrogen-bond acceptors (Lipinski definition) is 9. The van der Waals surface area contributed by atoms with Gasteiger partial charge in [-0.1, -0.05) is 18.2 Å². The van der Waals surface area contributed by atoms with Crippen LogP contribution in [0.1, 0.15) is 13.8 Å². The van der Waals surface area contributed by atoms with Gasteiger partial charge in [0, 0.05) is 19.3 Å². The zero-order valence-electron chi connectivity index (χ0n) is 21.0. The van der Waals surface area contributed by atoms with Gasteiger partial charge in [0.25, 0.3) is 11.5 Å². The molecule has 4 rings (SSSR count). The minimum Gasteiger partial charge on any atom is -0.490 e. The van der Waals surface area contributed by atoms with Gasteiger partial charge in [0.05, 0.1) is 18.8 Å². The summed E-state index contributed by atoms with van der Waals surface area (Å²) < 4.78 is 7.63. The van der Waals surface area contributed by atoms with Crippen molar-refractivity contribution >= 4 is 52.2 Å². The number of rotatable bonds is 8. The molecule has 0 saturated carbocycles. The summed E-state index contributed by atoms with van der Waals surface area (Å²) in [5.41, 5.74) is 0.428.